The van der Waals surface area contributed by atoms with E-state index < -0.39 is 12.1 Å². The topological polar surface area (TPSA) is 113 Å². The molecule has 10 nitrogen and oxygen atoms in total. The maximum Gasteiger partial charge on any atom is 0.490 e. The molecule has 0 atom stereocenters. The van der Waals surface area contributed by atoms with Crippen LogP contribution in [-0.2, 0) is 16.1 Å². The Kier molecular flexibility index (Phi) is 11.1. The summed E-state index contributed by atoms with van der Waals surface area (Å²) < 4.78 is 39.3. The maximum atomic E-state index is 13.0. The Morgan fingerprint density at radius 1 is 1.13 bits per heavy atom. The highest BCUT2D eigenvalue weighted by atomic mass is 19.4. The van der Waals surface area contributed by atoms with Crippen molar-refractivity contribution in [3.8, 4) is 11.1 Å². The smallest absolute Gasteiger partial charge is 0.475 e. The standard InChI is InChI=1S/C24H36N6O2.C2HF3O2/c1-3-28(4-2)9-5-8-25-23(31)22-14-20(18-30(22)17-19-6-7-19)21-15-26-24(27-16-21)29-10-12-32-13-11-29;3-2(4,5)1(6)7/h14-16,18-19H,3-13,17H2,1-2H3,(H,25,31);(H,6,7). The van der Waals surface area contributed by atoms with Gasteiger partial charge < -0.3 is 29.5 Å². The van der Waals surface area contributed by atoms with Crippen LogP contribution in [0.2, 0.25) is 0 Å². The van der Waals surface area contributed by atoms with Gasteiger partial charge in [0.2, 0.25) is 5.95 Å². The third kappa shape index (κ3) is 9.50. The summed E-state index contributed by atoms with van der Waals surface area (Å²) in [4.78, 5) is 35.5. The minimum atomic E-state index is -5.08. The van der Waals surface area contributed by atoms with Crippen molar-refractivity contribution < 1.29 is 32.6 Å². The summed E-state index contributed by atoms with van der Waals surface area (Å²) in [7, 11) is 0. The molecule has 4 rings (SSSR count). The van der Waals surface area contributed by atoms with E-state index in [0.29, 0.717) is 25.7 Å². The van der Waals surface area contributed by atoms with E-state index in [1.54, 1.807) is 0 Å². The molecule has 0 radical (unpaired) electrons. The van der Waals surface area contributed by atoms with Gasteiger partial charge in [-0.15, -0.1) is 0 Å². The second-order valence-electron chi connectivity index (χ2n) is 9.52. The fourth-order valence-electron chi connectivity index (χ4n) is 4.12. The van der Waals surface area contributed by atoms with Crippen molar-refractivity contribution in [1.82, 2.24) is 24.8 Å². The molecule has 2 N–H and O–H groups in total. The third-order valence-electron chi connectivity index (χ3n) is 6.62. The number of aliphatic carboxylic acids is 1. The van der Waals surface area contributed by atoms with E-state index in [1.165, 1.54) is 12.8 Å². The second-order valence-corrected chi connectivity index (χ2v) is 9.52. The molecule has 1 aliphatic carbocycles. The first-order valence-corrected chi connectivity index (χ1v) is 13.3. The fourth-order valence-corrected chi connectivity index (χ4v) is 4.12. The number of hydrogen-bond acceptors (Lipinski definition) is 7. The molecular formula is C26H37F3N6O4. The molecule has 0 spiro atoms. The van der Waals surface area contributed by atoms with Crippen LogP contribution in [0.15, 0.2) is 24.7 Å². The van der Waals surface area contributed by atoms with Crippen LogP contribution in [0.3, 0.4) is 0 Å². The number of carboxylic acid groups (broad SMARTS) is 1. The van der Waals surface area contributed by atoms with E-state index in [2.05, 4.69) is 49.7 Å². The first kappa shape index (κ1) is 30.4. The number of carboxylic acids is 1. The van der Waals surface area contributed by atoms with Crippen molar-refractivity contribution >= 4 is 17.8 Å². The lowest BCUT2D eigenvalue weighted by atomic mass is 10.2. The van der Waals surface area contributed by atoms with Gasteiger partial charge in [-0.3, -0.25) is 4.79 Å². The number of nitrogens with zero attached hydrogens (tertiary/aromatic N) is 5. The van der Waals surface area contributed by atoms with Gasteiger partial charge >= 0.3 is 12.1 Å². The predicted octanol–water partition coefficient (Wildman–Crippen LogP) is 3.29. The van der Waals surface area contributed by atoms with Crippen LogP contribution < -0.4 is 10.2 Å². The number of anilines is 1. The normalized spacial score (nSPS) is 15.6. The van der Waals surface area contributed by atoms with Crippen LogP contribution in [0.25, 0.3) is 11.1 Å². The first-order valence-electron chi connectivity index (χ1n) is 13.3. The summed E-state index contributed by atoms with van der Waals surface area (Å²) in [6.07, 6.45) is 4.17. The number of carbonyl (C=O) groups excluding carboxylic acids is 1. The highest BCUT2D eigenvalue weighted by Gasteiger charge is 2.38. The number of nitrogens with one attached hydrogen (secondary N) is 1. The zero-order valence-electron chi connectivity index (χ0n) is 22.4. The Labute approximate surface area is 226 Å². The Bertz CT molecular complexity index is 1060. The number of hydrogen-bond donors (Lipinski definition) is 2. The number of aromatic nitrogens is 3. The van der Waals surface area contributed by atoms with Crippen molar-refractivity contribution in [1.29, 1.82) is 0 Å². The Morgan fingerprint density at radius 2 is 1.74 bits per heavy atom. The van der Waals surface area contributed by atoms with Gasteiger partial charge in [-0.25, -0.2) is 14.8 Å². The van der Waals surface area contributed by atoms with Gasteiger partial charge in [-0.2, -0.15) is 13.2 Å². The molecule has 0 unspecified atom stereocenters. The molecule has 2 aromatic rings. The highest BCUT2D eigenvalue weighted by Crippen LogP contribution is 2.32. The third-order valence-corrected chi connectivity index (χ3v) is 6.62. The van der Waals surface area contributed by atoms with Gasteiger partial charge in [0.25, 0.3) is 5.91 Å². The largest absolute Gasteiger partial charge is 0.490 e. The molecule has 2 fully saturated rings. The predicted molar refractivity (Wildman–Crippen MR) is 140 cm³/mol. The van der Waals surface area contributed by atoms with E-state index in [-0.39, 0.29) is 5.91 Å². The van der Waals surface area contributed by atoms with Crippen molar-refractivity contribution in [2.45, 2.75) is 45.8 Å². The maximum absolute atomic E-state index is 13.0. The minimum Gasteiger partial charge on any atom is -0.475 e. The number of amides is 1. The molecule has 1 amide bonds. The van der Waals surface area contributed by atoms with E-state index in [1.807, 2.05) is 18.5 Å². The monoisotopic (exact) mass is 554 g/mol. The number of morpholine rings is 1. The second kappa shape index (κ2) is 14.3. The van der Waals surface area contributed by atoms with Gasteiger partial charge in [-0.1, -0.05) is 13.8 Å². The van der Waals surface area contributed by atoms with Crippen LogP contribution in [0.1, 0.15) is 43.6 Å². The highest BCUT2D eigenvalue weighted by molar-refractivity contribution is 5.94. The number of ether oxygens (including phenoxy) is 1. The van der Waals surface area contributed by atoms with Crippen molar-refractivity contribution in [3.05, 3.63) is 30.4 Å². The van der Waals surface area contributed by atoms with Gasteiger partial charge in [0.1, 0.15) is 5.69 Å². The summed E-state index contributed by atoms with van der Waals surface area (Å²) in [5.74, 6) is -1.33. The summed E-state index contributed by atoms with van der Waals surface area (Å²) >= 11 is 0. The summed E-state index contributed by atoms with van der Waals surface area (Å²) in [6.45, 7) is 12.1. The zero-order valence-corrected chi connectivity index (χ0v) is 22.4. The summed E-state index contributed by atoms with van der Waals surface area (Å²) in [5.41, 5.74) is 2.66. The zero-order chi connectivity index (χ0) is 28.4. The average molecular weight is 555 g/mol. The van der Waals surface area contributed by atoms with Crippen molar-refractivity contribution in [2.75, 3.05) is 57.4 Å². The van der Waals surface area contributed by atoms with Gasteiger partial charge in [-0.05, 0) is 50.9 Å². The van der Waals surface area contributed by atoms with Gasteiger partial charge in [0.05, 0.1) is 13.2 Å². The van der Waals surface area contributed by atoms with Gasteiger partial charge in [0, 0.05) is 55.9 Å². The number of rotatable bonds is 11. The molecule has 1 aliphatic heterocycles. The molecule has 2 aliphatic rings. The van der Waals surface area contributed by atoms with E-state index >= 15 is 0 Å². The van der Waals surface area contributed by atoms with Gasteiger partial charge in [0.15, 0.2) is 0 Å². The molecule has 1 saturated heterocycles. The van der Waals surface area contributed by atoms with Crippen LogP contribution in [0, 0.1) is 5.92 Å². The van der Waals surface area contributed by atoms with E-state index in [9.17, 15) is 18.0 Å². The number of halogens is 3. The molecular weight excluding hydrogens is 517 g/mol. The fraction of sp³-hybridized carbons (Fsp3) is 0.615. The quantitative estimate of drug-likeness (QED) is 0.407. The van der Waals surface area contributed by atoms with Crippen LogP contribution in [-0.4, -0.2) is 95.1 Å². The lowest BCUT2D eigenvalue weighted by Gasteiger charge is -2.26. The molecule has 39 heavy (non-hydrogen) atoms. The average Bonchev–Trinajstić information content (AvgIpc) is 3.65. The minimum absolute atomic E-state index is 0.00213. The van der Waals surface area contributed by atoms with Crippen LogP contribution in [0.4, 0.5) is 19.1 Å². The molecule has 0 bridgehead atoms. The molecule has 216 valence electrons. The Hall–Kier alpha value is -3.19. The molecule has 0 aromatic carbocycles. The number of alkyl halides is 3. The van der Waals surface area contributed by atoms with E-state index in [4.69, 9.17) is 14.6 Å². The van der Waals surface area contributed by atoms with Crippen LogP contribution >= 0.6 is 0 Å². The lowest BCUT2D eigenvalue weighted by Crippen LogP contribution is -2.37. The lowest BCUT2D eigenvalue weighted by molar-refractivity contribution is -0.192. The molecule has 13 heteroatoms. The van der Waals surface area contributed by atoms with Crippen molar-refractivity contribution in [2.24, 2.45) is 5.92 Å². The SMILES string of the molecule is CCN(CC)CCCNC(=O)c1cc(-c2cnc(N3CCOCC3)nc2)cn1CC1CC1.O=C(O)C(F)(F)F. The van der Waals surface area contributed by atoms with Crippen molar-refractivity contribution in [3.63, 3.8) is 0 Å². The summed E-state index contributed by atoms with van der Waals surface area (Å²) in [5, 5.41) is 10.2. The molecule has 2 aromatic heterocycles. The summed E-state index contributed by atoms with van der Waals surface area (Å²) in [6, 6.07) is 1.98. The van der Waals surface area contributed by atoms with E-state index in [0.717, 1.165) is 68.5 Å². The molecule has 3 heterocycles. The molecule has 1 saturated carbocycles. The Balaban J connectivity index is 0.000000532. The first-order chi connectivity index (χ1) is 18.6. The Morgan fingerprint density at radius 3 is 2.28 bits per heavy atom. The number of carbonyl (C=O) groups is 2. The van der Waals surface area contributed by atoms with Crippen LogP contribution in [0.5, 0.6) is 0 Å².